The standard InChI is InChI=1S/C53H100O12S/c1-3-5-7-9-11-13-15-17-19-21-22-23-24-26-27-29-31-33-35-37-39-41-48(54)62-43-46(44-63-53-52(58)51(57)50(56)47(65-53)45-66(59,60)61)64-49(55)42-40-38-36-34-32-30-28-25-20-18-16-14-12-10-8-6-4-2/h14,16,46-47,50-53,56-58H,3-13,15,17-45H2,1-2H3,(H,59,60,61)/b16-14+/t46-,47-,50-,51?,52?,53+/m1/s1. The molecule has 0 amide bonds. The van der Waals surface area contributed by atoms with Gasteiger partial charge in [-0.05, 0) is 38.5 Å². The Morgan fingerprint density at radius 1 is 0.500 bits per heavy atom. The summed E-state index contributed by atoms with van der Waals surface area (Å²) in [5.41, 5.74) is 0. The number of carbonyl (C=O) groups excluding carboxylic acids is 2. The molecule has 6 atom stereocenters. The highest BCUT2D eigenvalue weighted by atomic mass is 32.2. The largest absolute Gasteiger partial charge is 0.462 e. The Morgan fingerprint density at radius 2 is 0.864 bits per heavy atom. The maximum Gasteiger partial charge on any atom is 0.306 e. The Balaban J connectivity index is 2.32. The van der Waals surface area contributed by atoms with E-state index >= 15 is 0 Å². The van der Waals surface area contributed by atoms with Gasteiger partial charge in [0.2, 0.25) is 0 Å². The first-order chi connectivity index (χ1) is 32.0. The molecule has 390 valence electrons. The first kappa shape index (κ1) is 62.4. The van der Waals surface area contributed by atoms with Crippen LogP contribution in [0.15, 0.2) is 12.2 Å². The van der Waals surface area contributed by atoms with E-state index in [-0.39, 0.29) is 19.4 Å². The van der Waals surface area contributed by atoms with Gasteiger partial charge in [-0.3, -0.25) is 14.1 Å². The van der Waals surface area contributed by atoms with Crippen molar-refractivity contribution >= 4 is 22.1 Å². The van der Waals surface area contributed by atoms with Crippen molar-refractivity contribution in [1.82, 2.24) is 0 Å². The fourth-order valence-electron chi connectivity index (χ4n) is 8.62. The van der Waals surface area contributed by atoms with Gasteiger partial charge in [0, 0.05) is 12.8 Å². The van der Waals surface area contributed by atoms with Crippen LogP contribution in [0.1, 0.15) is 258 Å². The predicted molar refractivity (Wildman–Crippen MR) is 266 cm³/mol. The third-order valence-electron chi connectivity index (χ3n) is 12.8. The van der Waals surface area contributed by atoms with Crippen LogP contribution in [0.2, 0.25) is 0 Å². The number of unbranched alkanes of at least 4 members (excludes halogenated alkanes) is 33. The molecular weight excluding hydrogens is 861 g/mol. The average Bonchev–Trinajstić information content (AvgIpc) is 3.28. The summed E-state index contributed by atoms with van der Waals surface area (Å²) in [6.07, 6.45) is 39.6. The van der Waals surface area contributed by atoms with Crippen LogP contribution in [-0.4, -0.2) is 96.0 Å². The van der Waals surface area contributed by atoms with E-state index in [9.17, 15) is 37.9 Å². The molecule has 0 aliphatic carbocycles. The van der Waals surface area contributed by atoms with E-state index in [1.54, 1.807) is 0 Å². The van der Waals surface area contributed by atoms with Crippen molar-refractivity contribution in [2.45, 2.75) is 295 Å². The molecule has 0 aromatic rings. The van der Waals surface area contributed by atoms with Crippen LogP contribution in [0.4, 0.5) is 0 Å². The van der Waals surface area contributed by atoms with E-state index in [4.69, 9.17) is 18.9 Å². The number of aliphatic hydroxyl groups excluding tert-OH is 3. The Labute approximate surface area is 403 Å². The van der Waals surface area contributed by atoms with Gasteiger partial charge in [-0.1, -0.05) is 219 Å². The van der Waals surface area contributed by atoms with Crippen LogP contribution in [-0.2, 0) is 38.7 Å². The monoisotopic (exact) mass is 961 g/mol. The fraction of sp³-hybridized carbons (Fsp3) is 0.925. The van der Waals surface area contributed by atoms with Gasteiger partial charge < -0.3 is 34.3 Å². The molecule has 0 aromatic heterocycles. The summed E-state index contributed by atoms with van der Waals surface area (Å²) >= 11 is 0. The van der Waals surface area contributed by atoms with Crippen molar-refractivity contribution in [3.63, 3.8) is 0 Å². The zero-order valence-corrected chi connectivity index (χ0v) is 42.9. The molecule has 1 saturated heterocycles. The number of hydrogen-bond acceptors (Lipinski definition) is 11. The van der Waals surface area contributed by atoms with E-state index in [0.29, 0.717) is 12.8 Å². The molecule has 2 unspecified atom stereocenters. The van der Waals surface area contributed by atoms with Crippen molar-refractivity contribution in [2.24, 2.45) is 0 Å². The van der Waals surface area contributed by atoms with Crippen molar-refractivity contribution in [2.75, 3.05) is 19.0 Å². The molecule has 66 heavy (non-hydrogen) atoms. The summed E-state index contributed by atoms with van der Waals surface area (Å²) in [5.74, 6) is -1.96. The first-order valence-electron chi connectivity index (χ1n) is 27.2. The molecular formula is C53H100O12S. The Morgan fingerprint density at radius 3 is 1.27 bits per heavy atom. The summed E-state index contributed by atoms with van der Waals surface area (Å²) in [6.45, 7) is 3.80. The van der Waals surface area contributed by atoms with Gasteiger partial charge in [-0.2, -0.15) is 8.42 Å². The highest BCUT2D eigenvalue weighted by Gasteiger charge is 2.46. The number of allylic oxidation sites excluding steroid dienone is 2. The number of esters is 2. The molecule has 0 spiro atoms. The van der Waals surface area contributed by atoms with Crippen molar-refractivity contribution in [3.05, 3.63) is 12.2 Å². The summed E-state index contributed by atoms with van der Waals surface area (Å²) in [6, 6.07) is 0. The number of hydrogen-bond donors (Lipinski definition) is 4. The quantitative estimate of drug-likeness (QED) is 0.0196. The van der Waals surface area contributed by atoms with Crippen molar-refractivity contribution in [3.8, 4) is 0 Å². The average molecular weight is 961 g/mol. The molecule has 0 bridgehead atoms. The highest BCUT2D eigenvalue weighted by molar-refractivity contribution is 7.85. The van der Waals surface area contributed by atoms with Crippen molar-refractivity contribution < 1.29 is 56.8 Å². The molecule has 1 aliphatic rings. The summed E-state index contributed by atoms with van der Waals surface area (Å²) in [7, 11) is -4.60. The minimum atomic E-state index is -4.60. The highest BCUT2D eigenvalue weighted by Crippen LogP contribution is 2.24. The van der Waals surface area contributed by atoms with Gasteiger partial charge >= 0.3 is 11.9 Å². The number of carbonyl (C=O) groups is 2. The molecule has 12 nitrogen and oxygen atoms in total. The van der Waals surface area contributed by atoms with Crippen LogP contribution in [0.3, 0.4) is 0 Å². The molecule has 1 fully saturated rings. The van der Waals surface area contributed by atoms with Gasteiger partial charge in [0.25, 0.3) is 10.1 Å². The lowest BCUT2D eigenvalue weighted by atomic mass is 10.00. The number of aliphatic hydroxyl groups is 3. The zero-order valence-electron chi connectivity index (χ0n) is 42.1. The Kier molecular flexibility index (Phi) is 41.0. The molecule has 0 saturated carbocycles. The second kappa shape index (κ2) is 43.4. The van der Waals surface area contributed by atoms with E-state index in [2.05, 4.69) is 26.0 Å². The van der Waals surface area contributed by atoms with Gasteiger partial charge in [0.1, 0.15) is 36.8 Å². The minimum absolute atomic E-state index is 0.167. The van der Waals surface area contributed by atoms with E-state index < -0.39 is 71.2 Å². The molecule has 0 radical (unpaired) electrons. The van der Waals surface area contributed by atoms with Crippen LogP contribution < -0.4 is 0 Å². The fourth-order valence-corrected chi connectivity index (χ4v) is 9.31. The van der Waals surface area contributed by atoms with Gasteiger partial charge in [-0.25, -0.2) is 0 Å². The second-order valence-corrected chi connectivity index (χ2v) is 20.8. The topological polar surface area (TPSA) is 186 Å². The summed E-state index contributed by atoms with van der Waals surface area (Å²) in [5, 5.41) is 31.0. The van der Waals surface area contributed by atoms with E-state index in [0.717, 1.165) is 38.5 Å². The van der Waals surface area contributed by atoms with Gasteiger partial charge in [-0.15, -0.1) is 0 Å². The molecule has 1 rings (SSSR count). The van der Waals surface area contributed by atoms with Crippen LogP contribution in [0.5, 0.6) is 0 Å². The molecule has 1 heterocycles. The maximum atomic E-state index is 12.9. The normalized spacial score (nSPS) is 19.4. The van der Waals surface area contributed by atoms with E-state index in [1.807, 2.05) is 0 Å². The molecule has 13 heteroatoms. The smallest absolute Gasteiger partial charge is 0.306 e. The minimum Gasteiger partial charge on any atom is -0.462 e. The summed E-state index contributed by atoms with van der Waals surface area (Å²) in [4.78, 5) is 25.6. The lowest BCUT2D eigenvalue weighted by molar-refractivity contribution is -0.297. The van der Waals surface area contributed by atoms with Crippen LogP contribution in [0, 0.1) is 0 Å². The maximum absolute atomic E-state index is 12.9. The lowest BCUT2D eigenvalue weighted by Crippen LogP contribution is -2.60. The molecule has 0 aromatic carbocycles. The van der Waals surface area contributed by atoms with Gasteiger partial charge in [0.15, 0.2) is 12.4 Å². The molecule has 4 N–H and O–H groups in total. The Hall–Kier alpha value is -1.61. The third kappa shape index (κ3) is 37.3. The van der Waals surface area contributed by atoms with E-state index in [1.165, 1.54) is 180 Å². The van der Waals surface area contributed by atoms with Crippen LogP contribution >= 0.6 is 0 Å². The third-order valence-corrected chi connectivity index (χ3v) is 13.6. The van der Waals surface area contributed by atoms with Crippen LogP contribution in [0.25, 0.3) is 0 Å². The first-order valence-corrected chi connectivity index (χ1v) is 28.9. The summed E-state index contributed by atoms with van der Waals surface area (Å²) < 4.78 is 54.3. The molecule has 1 aliphatic heterocycles. The number of ether oxygens (including phenoxy) is 4. The van der Waals surface area contributed by atoms with Gasteiger partial charge in [0.05, 0.1) is 6.61 Å². The lowest BCUT2D eigenvalue weighted by Gasteiger charge is -2.40. The predicted octanol–water partition coefficient (Wildman–Crippen LogP) is 12.6. The SMILES string of the molecule is CCCCCC/C=C/CCCCCCCCCCCC(=O)O[C@H](COC(=O)CCCCCCCCCCCCCCCCCCCCCCC)CO[C@H]1O[C@H](CS(=O)(=O)O)[C@@H](O)C(O)C1O. The second-order valence-electron chi connectivity index (χ2n) is 19.3. The number of rotatable bonds is 47. The van der Waals surface area contributed by atoms with Crippen molar-refractivity contribution in [1.29, 1.82) is 0 Å². The zero-order chi connectivity index (χ0) is 48.4. The Bertz CT molecular complexity index is 1260.